The second kappa shape index (κ2) is 11.6. The van der Waals surface area contributed by atoms with Gasteiger partial charge in [-0.1, -0.05) is 74.8 Å². The Morgan fingerprint density at radius 2 is 1.58 bits per heavy atom. The largest absolute Gasteiger partial charge is 0.377 e. The van der Waals surface area contributed by atoms with Gasteiger partial charge in [0.15, 0.2) is 0 Å². The Labute approximate surface area is 220 Å². The van der Waals surface area contributed by atoms with Crippen molar-refractivity contribution < 1.29 is 9.59 Å². The molecule has 0 aromatic heterocycles. The van der Waals surface area contributed by atoms with E-state index in [2.05, 4.69) is 5.32 Å². The van der Waals surface area contributed by atoms with Crippen molar-refractivity contribution in [2.24, 2.45) is 5.41 Å². The molecule has 0 saturated carbocycles. The molecule has 0 aliphatic rings. The van der Waals surface area contributed by atoms with Crippen LogP contribution in [0.1, 0.15) is 61.6 Å². The van der Waals surface area contributed by atoms with Crippen LogP contribution in [0.15, 0.2) is 72.8 Å². The second-order valence-electron chi connectivity index (χ2n) is 10.5. The average molecular weight is 506 g/mol. The van der Waals surface area contributed by atoms with E-state index in [0.717, 1.165) is 16.8 Å². The monoisotopic (exact) mass is 505 g/mol. The number of nitrogens with one attached hydrogen (secondary N) is 1. The molecular weight excluding hydrogens is 470 g/mol. The van der Waals surface area contributed by atoms with Crippen molar-refractivity contribution in [3.8, 4) is 0 Å². The van der Waals surface area contributed by atoms with Gasteiger partial charge < -0.3 is 15.1 Å². The van der Waals surface area contributed by atoms with Crippen LogP contribution in [0.3, 0.4) is 0 Å². The van der Waals surface area contributed by atoms with Crippen LogP contribution >= 0.6 is 11.6 Å². The minimum Gasteiger partial charge on any atom is -0.377 e. The van der Waals surface area contributed by atoms with E-state index in [9.17, 15) is 9.59 Å². The lowest BCUT2D eigenvalue weighted by atomic mass is 9.92. The van der Waals surface area contributed by atoms with Gasteiger partial charge >= 0.3 is 0 Å². The summed E-state index contributed by atoms with van der Waals surface area (Å²) in [6.45, 7) is 8.48. The number of nitrogens with zero attached hydrogens (tertiary/aromatic N) is 2. The number of carbonyl (C=O) groups is 2. The van der Waals surface area contributed by atoms with Crippen molar-refractivity contribution in [3.63, 3.8) is 0 Å². The fourth-order valence-corrected chi connectivity index (χ4v) is 4.40. The van der Waals surface area contributed by atoms with E-state index in [0.29, 0.717) is 29.2 Å². The molecule has 6 heteroatoms. The van der Waals surface area contributed by atoms with Crippen LogP contribution in [0, 0.1) is 5.41 Å². The third-order valence-corrected chi connectivity index (χ3v) is 6.32. The maximum Gasteiger partial charge on any atom is 0.256 e. The number of anilines is 2. The van der Waals surface area contributed by atoms with E-state index in [1.165, 1.54) is 0 Å². The van der Waals surface area contributed by atoms with Gasteiger partial charge in [-0.2, -0.15) is 0 Å². The van der Waals surface area contributed by atoms with Gasteiger partial charge in [0.25, 0.3) is 5.91 Å². The van der Waals surface area contributed by atoms with Crippen molar-refractivity contribution in [3.05, 3.63) is 94.5 Å². The van der Waals surface area contributed by atoms with Crippen molar-refractivity contribution in [1.82, 2.24) is 4.90 Å². The van der Waals surface area contributed by atoms with Crippen LogP contribution < -0.4 is 10.2 Å². The van der Waals surface area contributed by atoms with Crippen LogP contribution in [0.25, 0.3) is 0 Å². The molecule has 0 aliphatic carbocycles. The molecule has 0 heterocycles. The standard InChI is InChI=1S/C30H36ClN3O2/c1-21(22-12-8-7-9-13-22)34(29(36)25-14-10-11-15-26(25)31)20-23-18-24(16-17-27(23)33(5)6)32-28(35)19-30(2,3)4/h7-18,21H,19-20H2,1-6H3,(H,32,35). The molecule has 5 nitrogen and oxygen atoms in total. The number of carbonyl (C=O) groups excluding carboxylic acids is 2. The van der Waals surface area contributed by atoms with E-state index in [1.807, 2.05) is 112 Å². The first-order chi connectivity index (χ1) is 17.0. The highest BCUT2D eigenvalue weighted by Crippen LogP contribution is 2.31. The van der Waals surface area contributed by atoms with Gasteiger partial charge in [-0.25, -0.2) is 0 Å². The van der Waals surface area contributed by atoms with Crippen molar-refractivity contribution >= 4 is 34.8 Å². The summed E-state index contributed by atoms with van der Waals surface area (Å²) < 4.78 is 0. The Kier molecular flexibility index (Phi) is 8.80. The first-order valence-electron chi connectivity index (χ1n) is 12.2. The lowest BCUT2D eigenvalue weighted by Gasteiger charge is -2.32. The molecule has 0 radical (unpaired) electrons. The highest BCUT2D eigenvalue weighted by Gasteiger charge is 2.26. The normalized spacial score (nSPS) is 12.1. The molecule has 3 aromatic rings. The van der Waals surface area contributed by atoms with Crippen LogP contribution in [0.5, 0.6) is 0 Å². The van der Waals surface area contributed by atoms with E-state index in [4.69, 9.17) is 11.6 Å². The van der Waals surface area contributed by atoms with Crippen LogP contribution in [0.4, 0.5) is 11.4 Å². The summed E-state index contributed by atoms with van der Waals surface area (Å²) in [5.41, 5.74) is 3.99. The number of hydrogen-bond donors (Lipinski definition) is 1. The van der Waals surface area contributed by atoms with E-state index in [1.54, 1.807) is 12.1 Å². The predicted octanol–water partition coefficient (Wildman–Crippen LogP) is 7.18. The fourth-order valence-electron chi connectivity index (χ4n) is 4.18. The zero-order valence-electron chi connectivity index (χ0n) is 22.0. The zero-order chi connectivity index (χ0) is 26.5. The summed E-state index contributed by atoms with van der Waals surface area (Å²) in [4.78, 5) is 30.3. The molecule has 3 aromatic carbocycles. The SMILES string of the molecule is CC(c1ccccc1)N(Cc1cc(NC(=O)CC(C)(C)C)ccc1N(C)C)C(=O)c1ccccc1Cl. The molecule has 0 aliphatic heterocycles. The van der Waals surface area contributed by atoms with Gasteiger partial charge in [-0.3, -0.25) is 9.59 Å². The molecular formula is C30H36ClN3O2. The fraction of sp³-hybridized carbons (Fsp3) is 0.333. The Hall–Kier alpha value is -3.31. The van der Waals surface area contributed by atoms with Crippen LogP contribution in [-0.4, -0.2) is 30.8 Å². The lowest BCUT2D eigenvalue weighted by Crippen LogP contribution is -2.34. The van der Waals surface area contributed by atoms with Crippen molar-refractivity contribution in [2.75, 3.05) is 24.3 Å². The van der Waals surface area contributed by atoms with Crippen molar-refractivity contribution in [1.29, 1.82) is 0 Å². The molecule has 1 atom stereocenters. The number of hydrogen-bond acceptors (Lipinski definition) is 3. The predicted molar refractivity (Wildman–Crippen MR) is 150 cm³/mol. The minimum atomic E-state index is -0.205. The van der Waals surface area contributed by atoms with E-state index in [-0.39, 0.29) is 23.3 Å². The van der Waals surface area contributed by atoms with Crippen molar-refractivity contribution in [2.45, 2.75) is 46.7 Å². The molecule has 36 heavy (non-hydrogen) atoms. The zero-order valence-corrected chi connectivity index (χ0v) is 22.8. The van der Waals surface area contributed by atoms with Gasteiger partial charge in [0.1, 0.15) is 0 Å². The Morgan fingerprint density at radius 3 is 2.19 bits per heavy atom. The molecule has 0 bridgehead atoms. The molecule has 190 valence electrons. The van der Waals surface area contributed by atoms with E-state index >= 15 is 0 Å². The highest BCUT2D eigenvalue weighted by atomic mass is 35.5. The maximum atomic E-state index is 13.8. The quantitative estimate of drug-likeness (QED) is 0.352. The summed E-state index contributed by atoms with van der Waals surface area (Å²) in [6, 6.07) is 22.7. The molecule has 0 saturated heterocycles. The summed E-state index contributed by atoms with van der Waals surface area (Å²) in [5.74, 6) is -0.184. The Balaban J connectivity index is 2.01. The van der Waals surface area contributed by atoms with Gasteiger partial charge in [-0.05, 0) is 53.8 Å². The molecule has 0 fully saturated rings. The Bertz CT molecular complexity index is 1200. The van der Waals surface area contributed by atoms with Gasteiger partial charge in [0.05, 0.1) is 16.6 Å². The smallest absolute Gasteiger partial charge is 0.256 e. The first-order valence-corrected chi connectivity index (χ1v) is 12.5. The molecule has 1 N–H and O–H groups in total. The van der Waals surface area contributed by atoms with Crippen LogP contribution in [0.2, 0.25) is 5.02 Å². The van der Waals surface area contributed by atoms with E-state index < -0.39 is 0 Å². The minimum absolute atomic E-state index is 0.0345. The Morgan fingerprint density at radius 1 is 0.944 bits per heavy atom. The molecule has 0 spiro atoms. The molecule has 1 unspecified atom stereocenters. The maximum absolute atomic E-state index is 13.8. The summed E-state index contributed by atoms with van der Waals surface area (Å²) in [7, 11) is 3.94. The second-order valence-corrected chi connectivity index (χ2v) is 10.9. The van der Waals surface area contributed by atoms with Gasteiger partial charge in [0.2, 0.25) is 5.91 Å². The van der Waals surface area contributed by atoms with Gasteiger partial charge in [0, 0.05) is 38.4 Å². The highest BCUT2D eigenvalue weighted by molar-refractivity contribution is 6.33. The number of amides is 2. The number of benzene rings is 3. The first kappa shape index (κ1) is 27.3. The third kappa shape index (κ3) is 7.11. The van der Waals surface area contributed by atoms with Crippen LogP contribution in [-0.2, 0) is 11.3 Å². The average Bonchev–Trinajstić information content (AvgIpc) is 2.81. The van der Waals surface area contributed by atoms with Gasteiger partial charge in [-0.15, -0.1) is 0 Å². The summed E-state index contributed by atoms with van der Waals surface area (Å²) in [6.07, 6.45) is 0.417. The topological polar surface area (TPSA) is 52.7 Å². The number of halogens is 1. The lowest BCUT2D eigenvalue weighted by molar-refractivity contribution is -0.117. The molecule has 3 rings (SSSR count). The summed E-state index contributed by atoms with van der Waals surface area (Å²) in [5, 5.41) is 3.45. The third-order valence-electron chi connectivity index (χ3n) is 5.99. The molecule has 2 amide bonds. The number of rotatable bonds is 8. The summed E-state index contributed by atoms with van der Waals surface area (Å²) >= 11 is 6.43.